The van der Waals surface area contributed by atoms with E-state index in [0.29, 0.717) is 37.4 Å². The SMILES string of the molecule is CC(C)(C)Nc1ccc(S(C)(=O)=O)cc1C(=O)N1[C@@H](C(=O)NC(c2ccc(C(F)(F)F)cc2F)C2CC2)C[C@H]2C[C@H]21. The van der Waals surface area contributed by atoms with Crippen molar-refractivity contribution in [2.45, 2.75) is 81.2 Å². The van der Waals surface area contributed by atoms with Gasteiger partial charge in [0.05, 0.1) is 22.1 Å². The molecule has 2 amide bonds. The standard InChI is InChI=1S/C29H33F4N3O4S/c1-28(2,3)35-22-10-8-18(41(4,39)40)14-20(22)27(38)36-23-11-16(23)12-24(36)26(37)34-25(15-5-6-15)19-9-7-17(13-21(19)30)29(31,32)33/h7-10,13-16,23-25,35H,5-6,11-12H2,1-4H3,(H,34,37)/t16-,23-,24-,25?/m1/s1. The molecular formula is C29H33F4N3O4S. The smallest absolute Gasteiger partial charge is 0.380 e. The number of piperidine rings is 1. The predicted molar refractivity (Wildman–Crippen MR) is 144 cm³/mol. The maximum atomic E-state index is 14.9. The van der Waals surface area contributed by atoms with Crippen molar-refractivity contribution in [1.82, 2.24) is 10.2 Å². The van der Waals surface area contributed by atoms with Crippen LogP contribution in [0.5, 0.6) is 0 Å². The molecule has 41 heavy (non-hydrogen) atoms. The van der Waals surface area contributed by atoms with Gasteiger partial charge in [0, 0.05) is 29.1 Å². The van der Waals surface area contributed by atoms with Crippen LogP contribution in [0.4, 0.5) is 23.2 Å². The molecule has 2 aromatic rings. The van der Waals surface area contributed by atoms with Crippen LogP contribution in [-0.4, -0.2) is 49.0 Å². The molecular weight excluding hydrogens is 562 g/mol. The third-order valence-electron chi connectivity index (χ3n) is 7.85. The molecule has 0 bridgehead atoms. The van der Waals surface area contributed by atoms with Crippen LogP contribution in [0.25, 0.3) is 0 Å². The zero-order valence-electron chi connectivity index (χ0n) is 23.2. The fraction of sp³-hybridized carbons (Fsp3) is 0.517. The Morgan fingerprint density at radius 3 is 2.27 bits per heavy atom. The Morgan fingerprint density at radius 2 is 1.71 bits per heavy atom. The molecule has 2 aromatic carbocycles. The fourth-order valence-corrected chi connectivity index (χ4v) is 6.30. The minimum Gasteiger partial charge on any atom is -0.380 e. The zero-order chi connectivity index (χ0) is 30.1. The van der Waals surface area contributed by atoms with Gasteiger partial charge in [0.15, 0.2) is 9.84 Å². The molecule has 2 N–H and O–H groups in total. The van der Waals surface area contributed by atoms with Gasteiger partial charge in [-0.1, -0.05) is 6.07 Å². The van der Waals surface area contributed by atoms with E-state index in [-0.39, 0.29) is 33.9 Å². The maximum Gasteiger partial charge on any atom is 0.416 e. The van der Waals surface area contributed by atoms with Crippen molar-refractivity contribution in [3.8, 4) is 0 Å². The summed E-state index contributed by atoms with van der Waals surface area (Å²) in [5, 5.41) is 6.08. The summed E-state index contributed by atoms with van der Waals surface area (Å²) in [5.41, 5.74) is -1.02. The van der Waals surface area contributed by atoms with E-state index in [9.17, 15) is 35.6 Å². The molecule has 2 aliphatic carbocycles. The van der Waals surface area contributed by atoms with Gasteiger partial charge in [-0.3, -0.25) is 9.59 Å². The number of benzene rings is 2. The second-order valence-corrected chi connectivity index (χ2v) is 14.5. The van der Waals surface area contributed by atoms with Crippen LogP contribution in [0.3, 0.4) is 0 Å². The van der Waals surface area contributed by atoms with E-state index < -0.39 is 56.8 Å². The van der Waals surface area contributed by atoms with Crippen molar-refractivity contribution in [1.29, 1.82) is 0 Å². The Labute approximate surface area is 236 Å². The molecule has 0 spiro atoms. The molecule has 5 rings (SSSR count). The number of anilines is 1. The van der Waals surface area contributed by atoms with E-state index >= 15 is 0 Å². The second kappa shape index (κ2) is 9.99. The normalized spacial score (nSPS) is 23.1. The molecule has 1 aliphatic heterocycles. The highest BCUT2D eigenvalue weighted by Crippen LogP contribution is 2.49. The summed E-state index contributed by atoms with van der Waals surface area (Å²) in [7, 11) is -3.63. The summed E-state index contributed by atoms with van der Waals surface area (Å²) in [6, 6.07) is 4.70. The molecule has 1 unspecified atom stereocenters. The number of carbonyl (C=O) groups excluding carboxylic acids is 2. The quantitative estimate of drug-likeness (QED) is 0.422. The second-order valence-electron chi connectivity index (χ2n) is 12.4. The molecule has 1 heterocycles. The van der Waals surface area contributed by atoms with Gasteiger partial charge in [-0.2, -0.15) is 13.2 Å². The maximum absolute atomic E-state index is 14.9. The van der Waals surface area contributed by atoms with Gasteiger partial charge in [-0.05, 0) is 88.6 Å². The Balaban J connectivity index is 1.43. The molecule has 0 aromatic heterocycles. The molecule has 2 saturated carbocycles. The number of hydrogen-bond acceptors (Lipinski definition) is 5. The van der Waals surface area contributed by atoms with Gasteiger partial charge >= 0.3 is 6.18 Å². The van der Waals surface area contributed by atoms with Crippen LogP contribution in [0, 0.1) is 17.7 Å². The number of amides is 2. The lowest BCUT2D eigenvalue weighted by molar-refractivity contribution is -0.137. The molecule has 3 aliphatic rings. The number of halogens is 4. The topological polar surface area (TPSA) is 95.6 Å². The third kappa shape index (κ3) is 6.22. The Bertz CT molecular complexity index is 1500. The lowest BCUT2D eigenvalue weighted by atomic mass is 9.98. The highest BCUT2D eigenvalue weighted by Gasteiger charge is 2.57. The van der Waals surface area contributed by atoms with E-state index in [2.05, 4.69) is 10.6 Å². The first kappa shape index (κ1) is 29.3. The monoisotopic (exact) mass is 595 g/mol. The summed E-state index contributed by atoms with van der Waals surface area (Å²) in [4.78, 5) is 29.1. The summed E-state index contributed by atoms with van der Waals surface area (Å²) >= 11 is 0. The van der Waals surface area contributed by atoms with E-state index in [0.717, 1.165) is 18.4 Å². The van der Waals surface area contributed by atoms with Gasteiger partial charge < -0.3 is 15.5 Å². The van der Waals surface area contributed by atoms with Crippen molar-refractivity contribution in [2.24, 2.45) is 11.8 Å². The number of carbonyl (C=O) groups is 2. The highest BCUT2D eigenvalue weighted by atomic mass is 32.2. The van der Waals surface area contributed by atoms with Crippen LogP contribution in [0.2, 0.25) is 0 Å². The number of likely N-dealkylation sites (tertiary alicyclic amines) is 1. The molecule has 7 nitrogen and oxygen atoms in total. The van der Waals surface area contributed by atoms with E-state index in [1.54, 1.807) is 6.07 Å². The minimum absolute atomic E-state index is 0.0209. The third-order valence-corrected chi connectivity index (χ3v) is 8.97. The summed E-state index contributed by atoms with van der Waals surface area (Å²) in [6.07, 6.45) is -1.17. The van der Waals surface area contributed by atoms with Crippen LogP contribution in [-0.2, 0) is 20.8 Å². The molecule has 4 atom stereocenters. The van der Waals surface area contributed by atoms with Crippen LogP contribution in [0.1, 0.15) is 74.0 Å². The molecule has 0 radical (unpaired) electrons. The number of sulfone groups is 1. The molecule has 12 heteroatoms. The summed E-state index contributed by atoms with van der Waals surface area (Å²) < 4.78 is 78.7. The van der Waals surface area contributed by atoms with Crippen LogP contribution in [0.15, 0.2) is 41.3 Å². The van der Waals surface area contributed by atoms with Crippen molar-refractivity contribution in [2.75, 3.05) is 11.6 Å². The first-order chi connectivity index (χ1) is 18.9. The summed E-state index contributed by atoms with van der Waals surface area (Å²) in [5.74, 6) is -2.06. The minimum atomic E-state index is -4.70. The average Bonchev–Trinajstić information content (AvgIpc) is 3.78. The van der Waals surface area contributed by atoms with Crippen molar-refractivity contribution in [3.05, 3.63) is 58.9 Å². The van der Waals surface area contributed by atoms with Crippen molar-refractivity contribution < 1.29 is 35.6 Å². The van der Waals surface area contributed by atoms with Crippen LogP contribution < -0.4 is 10.6 Å². The van der Waals surface area contributed by atoms with Crippen LogP contribution >= 0.6 is 0 Å². The number of alkyl halides is 3. The largest absolute Gasteiger partial charge is 0.416 e. The number of nitrogens with one attached hydrogen (secondary N) is 2. The number of hydrogen-bond donors (Lipinski definition) is 2. The average molecular weight is 596 g/mol. The van der Waals surface area contributed by atoms with Gasteiger partial charge in [-0.25, -0.2) is 12.8 Å². The van der Waals surface area contributed by atoms with Gasteiger partial charge in [0.2, 0.25) is 5.91 Å². The van der Waals surface area contributed by atoms with Crippen molar-refractivity contribution in [3.63, 3.8) is 0 Å². The Hall–Kier alpha value is -3.15. The number of nitrogens with zero attached hydrogens (tertiary/aromatic N) is 1. The van der Waals surface area contributed by atoms with Crippen molar-refractivity contribution >= 4 is 27.3 Å². The van der Waals surface area contributed by atoms with Gasteiger partial charge in [0.25, 0.3) is 5.91 Å². The van der Waals surface area contributed by atoms with E-state index in [1.807, 2.05) is 20.8 Å². The first-order valence-corrected chi connectivity index (χ1v) is 15.4. The lowest BCUT2D eigenvalue weighted by Gasteiger charge is -2.31. The predicted octanol–water partition coefficient (Wildman–Crippen LogP) is 5.33. The molecule has 1 saturated heterocycles. The van der Waals surface area contributed by atoms with E-state index in [4.69, 9.17) is 0 Å². The first-order valence-electron chi connectivity index (χ1n) is 13.6. The number of fused-ring (bicyclic) bond motifs is 1. The van der Waals surface area contributed by atoms with Gasteiger partial charge in [0.1, 0.15) is 11.9 Å². The number of rotatable bonds is 7. The fourth-order valence-electron chi connectivity index (χ4n) is 5.65. The van der Waals surface area contributed by atoms with Gasteiger partial charge in [-0.15, -0.1) is 0 Å². The summed E-state index contributed by atoms with van der Waals surface area (Å²) in [6.45, 7) is 5.69. The Kier molecular flexibility index (Phi) is 7.15. The Morgan fingerprint density at radius 1 is 1.02 bits per heavy atom. The zero-order valence-corrected chi connectivity index (χ0v) is 24.0. The molecule has 3 fully saturated rings. The van der Waals surface area contributed by atoms with E-state index in [1.165, 1.54) is 17.0 Å². The lowest BCUT2D eigenvalue weighted by Crippen LogP contribution is -2.49. The highest BCUT2D eigenvalue weighted by molar-refractivity contribution is 7.90. The molecule has 222 valence electrons.